The quantitative estimate of drug-likeness (QED) is 0.291. The minimum absolute atomic E-state index is 0.257. The zero-order valence-electron chi connectivity index (χ0n) is 22.0. The van der Waals surface area contributed by atoms with Gasteiger partial charge < -0.3 is 14.5 Å². The minimum atomic E-state index is -0.257. The van der Waals surface area contributed by atoms with E-state index in [0.29, 0.717) is 5.90 Å². The number of rotatable bonds is 7. The van der Waals surface area contributed by atoms with Crippen LogP contribution < -0.4 is 14.5 Å². The van der Waals surface area contributed by atoms with Crippen LogP contribution in [0.3, 0.4) is 0 Å². The number of hydrogen-bond acceptors (Lipinski definition) is 5. The van der Waals surface area contributed by atoms with Crippen molar-refractivity contribution in [1.29, 1.82) is 0 Å². The van der Waals surface area contributed by atoms with Crippen LogP contribution in [0.2, 0.25) is 0 Å². The van der Waals surface area contributed by atoms with Gasteiger partial charge in [-0.2, -0.15) is 0 Å². The molecular formula is C31H33N5O. The van der Waals surface area contributed by atoms with E-state index in [1.165, 1.54) is 5.69 Å². The summed E-state index contributed by atoms with van der Waals surface area (Å²) in [5.74, 6) is 2.36. The molecule has 2 aliphatic heterocycles. The molecule has 3 aromatic carbocycles. The summed E-state index contributed by atoms with van der Waals surface area (Å²) in [6, 6.07) is 23.5. The number of anilines is 2. The lowest BCUT2D eigenvalue weighted by Gasteiger charge is -2.30. The summed E-state index contributed by atoms with van der Waals surface area (Å²) in [5.41, 5.74) is 7.50. The summed E-state index contributed by atoms with van der Waals surface area (Å²) < 4.78 is 8.76. The number of hydrogen-bond donors (Lipinski definition) is 0. The lowest BCUT2D eigenvalue weighted by atomic mass is 10.0. The van der Waals surface area contributed by atoms with E-state index in [1.54, 1.807) is 0 Å². The zero-order chi connectivity index (χ0) is 25.5. The van der Waals surface area contributed by atoms with E-state index in [1.807, 2.05) is 6.07 Å². The van der Waals surface area contributed by atoms with Gasteiger partial charge in [-0.25, -0.2) is 9.98 Å². The molecule has 6 heteroatoms. The fourth-order valence-electron chi connectivity index (χ4n) is 5.47. The summed E-state index contributed by atoms with van der Waals surface area (Å²) >= 11 is 0. The number of nitrogens with zero attached hydrogens (tertiary/aromatic N) is 5. The van der Waals surface area contributed by atoms with Gasteiger partial charge in [0.05, 0.1) is 16.6 Å². The van der Waals surface area contributed by atoms with Crippen molar-refractivity contribution < 1.29 is 4.74 Å². The maximum absolute atomic E-state index is 6.51. The normalized spacial score (nSPS) is 15.7. The van der Waals surface area contributed by atoms with Crippen LogP contribution in [-0.2, 0) is 0 Å². The van der Waals surface area contributed by atoms with Gasteiger partial charge in [0.2, 0.25) is 5.90 Å². The Labute approximate surface area is 218 Å². The molecule has 6 nitrogen and oxygen atoms in total. The molecule has 0 N–H and O–H groups in total. The van der Waals surface area contributed by atoms with Gasteiger partial charge in [0.1, 0.15) is 11.6 Å². The first-order chi connectivity index (χ1) is 18.1. The fraction of sp³-hybridized carbons (Fsp3) is 0.290. The Hall–Kier alpha value is -4.06. The molecule has 0 amide bonds. The lowest BCUT2D eigenvalue weighted by molar-refractivity contribution is 0.515. The third-order valence-electron chi connectivity index (χ3n) is 7.50. The average Bonchev–Trinajstić information content (AvgIpc) is 3.33. The third kappa shape index (κ3) is 3.88. The summed E-state index contributed by atoms with van der Waals surface area (Å²) in [6.07, 6.45) is 1.91. The van der Waals surface area contributed by atoms with Crippen molar-refractivity contribution in [3.05, 3.63) is 83.7 Å². The van der Waals surface area contributed by atoms with E-state index in [0.717, 1.165) is 71.2 Å². The van der Waals surface area contributed by atoms with Gasteiger partial charge in [-0.1, -0.05) is 24.3 Å². The monoisotopic (exact) mass is 491 g/mol. The number of imidazole rings is 1. The molecule has 0 radical (unpaired) electrons. The molecule has 37 heavy (non-hydrogen) atoms. The van der Waals surface area contributed by atoms with E-state index in [9.17, 15) is 0 Å². The third-order valence-corrected chi connectivity index (χ3v) is 7.50. The van der Waals surface area contributed by atoms with E-state index in [4.69, 9.17) is 14.7 Å². The molecule has 6 rings (SSSR count). The van der Waals surface area contributed by atoms with Crippen molar-refractivity contribution in [1.82, 2.24) is 9.55 Å². The maximum Gasteiger partial charge on any atom is 0.228 e. The number of aliphatic imine (C=N–C) groups is 1. The van der Waals surface area contributed by atoms with E-state index in [2.05, 4.69) is 109 Å². The van der Waals surface area contributed by atoms with Crippen molar-refractivity contribution in [2.24, 2.45) is 4.99 Å². The number of fused-ring (bicyclic) bond motifs is 6. The highest BCUT2D eigenvalue weighted by molar-refractivity contribution is 6.27. The standard InChI is InChI=1S/C31H33N5O/c1-5-34(6-2)23-16-13-21(14-17-23)29-33-31-25(30-32-26-11-9-10-12-27(26)36(29)30)19-22-15-18-24(20-28(22)37-31)35(7-3)8-4/h9-20,29H,5-8H2,1-4H3. The topological polar surface area (TPSA) is 45.9 Å². The zero-order valence-corrected chi connectivity index (χ0v) is 22.0. The van der Waals surface area contributed by atoms with Crippen molar-refractivity contribution in [3.8, 4) is 5.75 Å². The Balaban J connectivity index is 1.48. The summed E-state index contributed by atoms with van der Waals surface area (Å²) in [7, 11) is 0. The van der Waals surface area contributed by atoms with Gasteiger partial charge in [0, 0.05) is 49.2 Å². The van der Waals surface area contributed by atoms with Gasteiger partial charge in [-0.3, -0.25) is 4.57 Å². The van der Waals surface area contributed by atoms with Gasteiger partial charge in [0.25, 0.3) is 0 Å². The van der Waals surface area contributed by atoms with Gasteiger partial charge in [-0.15, -0.1) is 0 Å². The number of para-hydroxylation sites is 2. The highest BCUT2D eigenvalue weighted by Gasteiger charge is 2.33. The van der Waals surface area contributed by atoms with E-state index < -0.39 is 0 Å². The SMILES string of the molecule is CCN(CC)c1ccc(C2N=C3Oc4cc(N(CC)CC)ccc4C=C3c3nc4ccccc4n32)cc1. The molecule has 0 saturated carbocycles. The molecule has 0 aliphatic carbocycles. The maximum atomic E-state index is 6.51. The van der Waals surface area contributed by atoms with Gasteiger partial charge >= 0.3 is 0 Å². The van der Waals surface area contributed by atoms with E-state index >= 15 is 0 Å². The van der Waals surface area contributed by atoms with Crippen LogP contribution in [0, 0.1) is 0 Å². The number of ether oxygens (including phenoxy) is 1. The smallest absolute Gasteiger partial charge is 0.228 e. The van der Waals surface area contributed by atoms with Crippen LogP contribution >= 0.6 is 0 Å². The fourth-order valence-corrected chi connectivity index (χ4v) is 5.47. The molecule has 1 unspecified atom stereocenters. The molecule has 0 bridgehead atoms. The van der Waals surface area contributed by atoms with Crippen molar-refractivity contribution in [2.45, 2.75) is 33.9 Å². The average molecular weight is 492 g/mol. The van der Waals surface area contributed by atoms with Crippen LogP contribution in [0.5, 0.6) is 5.75 Å². The molecule has 1 aromatic heterocycles. The molecule has 0 fully saturated rings. The largest absolute Gasteiger partial charge is 0.438 e. The second-order valence-electron chi connectivity index (χ2n) is 9.42. The predicted molar refractivity (Wildman–Crippen MR) is 154 cm³/mol. The van der Waals surface area contributed by atoms with Gasteiger partial charge in [-0.05, 0) is 75.7 Å². The molecule has 1 atom stereocenters. The summed E-state index contributed by atoms with van der Waals surface area (Å²) in [5, 5.41) is 0. The molecule has 2 aliphatic rings. The molecular weight excluding hydrogens is 458 g/mol. The Kier molecular flexibility index (Phi) is 5.95. The van der Waals surface area contributed by atoms with Crippen LogP contribution in [0.25, 0.3) is 22.7 Å². The Morgan fingerprint density at radius 2 is 1.49 bits per heavy atom. The first-order valence-corrected chi connectivity index (χ1v) is 13.3. The van der Waals surface area contributed by atoms with Crippen molar-refractivity contribution in [3.63, 3.8) is 0 Å². The van der Waals surface area contributed by atoms with Crippen LogP contribution in [-0.4, -0.2) is 41.6 Å². The number of aromatic nitrogens is 2. The van der Waals surface area contributed by atoms with Crippen LogP contribution in [0.4, 0.5) is 11.4 Å². The molecule has 3 heterocycles. The first kappa shape index (κ1) is 23.3. The number of benzene rings is 3. The second-order valence-corrected chi connectivity index (χ2v) is 9.42. The molecule has 0 spiro atoms. The van der Waals surface area contributed by atoms with E-state index in [-0.39, 0.29) is 6.17 Å². The van der Waals surface area contributed by atoms with Crippen LogP contribution in [0.1, 0.15) is 50.8 Å². The Morgan fingerprint density at radius 1 is 0.811 bits per heavy atom. The Bertz CT molecular complexity index is 1510. The molecule has 188 valence electrons. The summed E-state index contributed by atoms with van der Waals surface area (Å²) in [4.78, 5) is 14.9. The highest BCUT2D eigenvalue weighted by atomic mass is 16.5. The van der Waals surface area contributed by atoms with Gasteiger partial charge in [0.15, 0.2) is 6.17 Å². The predicted octanol–water partition coefficient (Wildman–Crippen LogP) is 6.62. The van der Waals surface area contributed by atoms with Crippen LogP contribution in [0.15, 0.2) is 71.7 Å². The van der Waals surface area contributed by atoms with Crippen molar-refractivity contribution in [2.75, 3.05) is 36.0 Å². The molecule has 4 aromatic rings. The first-order valence-electron chi connectivity index (χ1n) is 13.3. The summed E-state index contributed by atoms with van der Waals surface area (Å²) in [6.45, 7) is 12.6. The second kappa shape index (κ2) is 9.43. The lowest BCUT2D eigenvalue weighted by Crippen LogP contribution is -2.27. The molecule has 0 saturated heterocycles. The highest BCUT2D eigenvalue weighted by Crippen LogP contribution is 2.41. The minimum Gasteiger partial charge on any atom is -0.438 e. The Morgan fingerprint density at radius 3 is 2.22 bits per heavy atom. The van der Waals surface area contributed by atoms with Crippen molar-refractivity contribution >= 4 is 40.0 Å².